The van der Waals surface area contributed by atoms with Gasteiger partial charge in [-0.15, -0.1) is 0 Å². The van der Waals surface area contributed by atoms with Crippen molar-refractivity contribution in [3.05, 3.63) is 0 Å². The van der Waals surface area contributed by atoms with Crippen LogP contribution in [0.5, 0.6) is 0 Å². The summed E-state index contributed by atoms with van der Waals surface area (Å²) in [5.74, 6) is 0. The van der Waals surface area contributed by atoms with Gasteiger partial charge in [-0.1, -0.05) is 19.1 Å². The molecular formula is C9H18N2S. The molecule has 2 unspecified atom stereocenters. The zero-order chi connectivity index (χ0) is 9.14. The first-order valence-corrected chi connectivity index (χ1v) is 5.12. The monoisotopic (exact) mass is 186 g/mol. The molecule has 1 saturated heterocycles. The van der Waals surface area contributed by atoms with Crippen LogP contribution < -0.4 is 5.73 Å². The molecule has 1 heterocycles. The molecule has 0 radical (unpaired) electrons. The third kappa shape index (κ3) is 1.96. The summed E-state index contributed by atoms with van der Waals surface area (Å²) in [5, 5.41) is 0. The Morgan fingerprint density at radius 1 is 1.75 bits per heavy atom. The highest BCUT2D eigenvalue weighted by molar-refractivity contribution is 7.80. The van der Waals surface area contributed by atoms with Gasteiger partial charge in [-0.2, -0.15) is 0 Å². The summed E-state index contributed by atoms with van der Waals surface area (Å²) in [6.45, 7) is 5.57. The van der Waals surface area contributed by atoms with Crippen LogP contribution >= 0.6 is 12.2 Å². The fourth-order valence-corrected chi connectivity index (χ4v) is 2.32. The van der Waals surface area contributed by atoms with Gasteiger partial charge in [-0.25, -0.2) is 0 Å². The third-order valence-corrected chi connectivity index (χ3v) is 2.99. The van der Waals surface area contributed by atoms with Crippen LogP contribution in [0.2, 0.25) is 0 Å². The predicted molar refractivity (Wildman–Crippen MR) is 56.3 cm³/mol. The van der Waals surface area contributed by atoms with Crippen molar-refractivity contribution in [2.45, 2.75) is 45.2 Å². The Hall–Kier alpha value is -0.150. The second kappa shape index (κ2) is 4.19. The number of rotatable bonds is 3. The SMILES string of the molecule is CCC(C(N)=S)N1CCCC1C. The first-order chi connectivity index (χ1) is 5.66. The van der Waals surface area contributed by atoms with Gasteiger partial charge in [-0.3, -0.25) is 4.90 Å². The summed E-state index contributed by atoms with van der Waals surface area (Å²) in [6.07, 6.45) is 3.62. The summed E-state index contributed by atoms with van der Waals surface area (Å²) in [6, 6.07) is 0.994. The molecular weight excluding hydrogens is 168 g/mol. The molecule has 1 fully saturated rings. The van der Waals surface area contributed by atoms with Gasteiger partial charge >= 0.3 is 0 Å². The largest absolute Gasteiger partial charge is 0.392 e. The number of hydrogen-bond acceptors (Lipinski definition) is 2. The minimum absolute atomic E-state index is 0.331. The fraction of sp³-hybridized carbons (Fsp3) is 0.889. The Kier molecular flexibility index (Phi) is 3.47. The van der Waals surface area contributed by atoms with Crippen LogP contribution in [0.25, 0.3) is 0 Å². The van der Waals surface area contributed by atoms with Gasteiger partial charge < -0.3 is 5.73 Å². The Morgan fingerprint density at radius 2 is 2.42 bits per heavy atom. The molecule has 1 aliphatic heterocycles. The predicted octanol–water partition coefficient (Wildman–Crippen LogP) is 1.54. The Morgan fingerprint density at radius 3 is 2.75 bits per heavy atom. The van der Waals surface area contributed by atoms with Crippen LogP contribution in [0.15, 0.2) is 0 Å². The average Bonchev–Trinajstić information content (AvgIpc) is 2.38. The van der Waals surface area contributed by atoms with Gasteiger partial charge in [0, 0.05) is 6.04 Å². The van der Waals surface area contributed by atoms with Crippen LogP contribution in [0.1, 0.15) is 33.1 Å². The lowest BCUT2D eigenvalue weighted by molar-refractivity contribution is 0.232. The molecule has 2 atom stereocenters. The summed E-state index contributed by atoms with van der Waals surface area (Å²) in [5.41, 5.74) is 5.68. The maximum Gasteiger partial charge on any atom is 0.0902 e. The van der Waals surface area contributed by atoms with E-state index in [0.29, 0.717) is 17.1 Å². The highest BCUT2D eigenvalue weighted by Gasteiger charge is 2.27. The fourth-order valence-electron chi connectivity index (χ4n) is 2.02. The Labute approximate surface area is 80.1 Å². The number of thiocarbonyl (C=S) groups is 1. The van der Waals surface area contributed by atoms with Gasteiger partial charge in [0.2, 0.25) is 0 Å². The molecule has 12 heavy (non-hydrogen) atoms. The summed E-state index contributed by atoms with van der Waals surface area (Å²) in [7, 11) is 0. The minimum Gasteiger partial charge on any atom is -0.392 e. The van der Waals surface area contributed by atoms with Crippen molar-refractivity contribution >= 4 is 17.2 Å². The van der Waals surface area contributed by atoms with Crippen LogP contribution in [-0.4, -0.2) is 28.5 Å². The van der Waals surface area contributed by atoms with E-state index in [9.17, 15) is 0 Å². The van der Waals surface area contributed by atoms with Crippen LogP contribution in [0.4, 0.5) is 0 Å². The minimum atomic E-state index is 0.331. The van der Waals surface area contributed by atoms with E-state index in [1.54, 1.807) is 0 Å². The van der Waals surface area contributed by atoms with E-state index in [1.807, 2.05) is 0 Å². The van der Waals surface area contributed by atoms with E-state index in [-0.39, 0.29) is 0 Å². The molecule has 0 bridgehead atoms. The van der Waals surface area contributed by atoms with E-state index < -0.39 is 0 Å². The number of likely N-dealkylation sites (tertiary alicyclic amines) is 1. The average molecular weight is 186 g/mol. The Balaban J connectivity index is 2.58. The van der Waals surface area contributed by atoms with Crippen LogP contribution in [0.3, 0.4) is 0 Å². The van der Waals surface area contributed by atoms with Crippen LogP contribution in [0, 0.1) is 0 Å². The molecule has 1 aliphatic rings. The molecule has 70 valence electrons. The van der Waals surface area contributed by atoms with Gasteiger partial charge in [0.1, 0.15) is 0 Å². The quantitative estimate of drug-likeness (QED) is 0.678. The van der Waals surface area contributed by atoms with Crippen molar-refractivity contribution < 1.29 is 0 Å². The molecule has 0 aromatic rings. The zero-order valence-electron chi connectivity index (χ0n) is 7.92. The first kappa shape index (κ1) is 9.93. The molecule has 3 heteroatoms. The van der Waals surface area contributed by atoms with E-state index in [1.165, 1.54) is 12.8 Å². The zero-order valence-corrected chi connectivity index (χ0v) is 8.73. The summed E-state index contributed by atoms with van der Waals surface area (Å²) < 4.78 is 0. The lowest BCUT2D eigenvalue weighted by atomic mass is 10.1. The molecule has 0 aromatic heterocycles. The number of hydrogen-bond donors (Lipinski definition) is 1. The Bertz CT molecular complexity index is 170. The van der Waals surface area contributed by atoms with Crippen molar-refractivity contribution in [1.82, 2.24) is 4.90 Å². The third-order valence-electron chi connectivity index (χ3n) is 2.72. The van der Waals surface area contributed by atoms with Crippen LogP contribution in [-0.2, 0) is 0 Å². The van der Waals surface area contributed by atoms with Gasteiger partial charge in [0.25, 0.3) is 0 Å². The molecule has 2 nitrogen and oxygen atoms in total. The maximum absolute atomic E-state index is 5.68. The van der Waals surface area contributed by atoms with Gasteiger partial charge in [0.05, 0.1) is 11.0 Å². The van der Waals surface area contributed by atoms with E-state index >= 15 is 0 Å². The second-order valence-electron chi connectivity index (χ2n) is 3.56. The molecule has 0 amide bonds. The molecule has 0 aliphatic carbocycles. The lowest BCUT2D eigenvalue weighted by Crippen LogP contribution is -2.44. The molecule has 0 spiro atoms. The number of nitrogens with zero attached hydrogens (tertiary/aromatic N) is 1. The first-order valence-electron chi connectivity index (χ1n) is 4.72. The smallest absolute Gasteiger partial charge is 0.0902 e. The van der Waals surface area contributed by atoms with E-state index in [2.05, 4.69) is 18.7 Å². The van der Waals surface area contributed by atoms with E-state index in [4.69, 9.17) is 18.0 Å². The normalized spacial score (nSPS) is 27.3. The molecule has 0 saturated carbocycles. The van der Waals surface area contributed by atoms with Crippen molar-refractivity contribution in [2.75, 3.05) is 6.54 Å². The standard InChI is InChI=1S/C9H18N2S/c1-3-8(9(10)12)11-6-4-5-7(11)2/h7-8H,3-6H2,1-2H3,(H2,10,12). The molecule has 1 rings (SSSR count). The van der Waals surface area contributed by atoms with Crippen molar-refractivity contribution in [3.8, 4) is 0 Å². The van der Waals surface area contributed by atoms with E-state index in [0.717, 1.165) is 13.0 Å². The summed E-state index contributed by atoms with van der Waals surface area (Å²) >= 11 is 5.04. The highest BCUT2D eigenvalue weighted by atomic mass is 32.1. The van der Waals surface area contributed by atoms with Crippen molar-refractivity contribution in [2.24, 2.45) is 5.73 Å². The highest BCUT2D eigenvalue weighted by Crippen LogP contribution is 2.20. The number of nitrogens with two attached hydrogens (primary N) is 1. The summed E-state index contributed by atoms with van der Waals surface area (Å²) in [4.78, 5) is 3.09. The topological polar surface area (TPSA) is 29.3 Å². The molecule has 0 aromatic carbocycles. The van der Waals surface area contributed by atoms with Crippen molar-refractivity contribution in [1.29, 1.82) is 0 Å². The van der Waals surface area contributed by atoms with Gasteiger partial charge in [0.15, 0.2) is 0 Å². The van der Waals surface area contributed by atoms with Gasteiger partial charge in [-0.05, 0) is 32.7 Å². The van der Waals surface area contributed by atoms with Crippen molar-refractivity contribution in [3.63, 3.8) is 0 Å². The second-order valence-corrected chi connectivity index (χ2v) is 4.03. The lowest BCUT2D eigenvalue weighted by Gasteiger charge is -2.29. The maximum atomic E-state index is 5.68. The molecule has 2 N–H and O–H groups in total.